The molecule has 19 heavy (non-hydrogen) atoms. The standard InChI is InChI=1S/C11H16N6O2/c1-3-19-11(18)9-10(12)17(6-13-9)5-4-8-15-14-7-16(8)2/h6-7H,3-5,12H2,1-2H3. The van der Waals surface area contributed by atoms with E-state index in [0.29, 0.717) is 25.4 Å². The van der Waals surface area contributed by atoms with E-state index in [9.17, 15) is 4.79 Å². The molecule has 2 rings (SSSR count). The zero-order valence-corrected chi connectivity index (χ0v) is 10.9. The second-order valence-corrected chi connectivity index (χ2v) is 4.00. The van der Waals surface area contributed by atoms with Gasteiger partial charge in [0.2, 0.25) is 0 Å². The molecule has 0 aromatic carbocycles. The number of nitrogens with two attached hydrogens (primary N) is 1. The highest BCUT2D eigenvalue weighted by Gasteiger charge is 2.16. The summed E-state index contributed by atoms with van der Waals surface area (Å²) in [5, 5.41) is 7.78. The molecule has 2 N–H and O–H groups in total. The van der Waals surface area contributed by atoms with Crippen molar-refractivity contribution in [3.63, 3.8) is 0 Å². The fourth-order valence-corrected chi connectivity index (χ4v) is 1.68. The molecule has 0 saturated heterocycles. The van der Waals surface area contributed by atoms with Crippen molar-refractivity contribution in [1.82, 2.24) is 24.3 Å². The predicted octanol–water partition coefficient (Wildman–Crippen LogP) is 0.0132. The first kappa shape index (κ1) is 13.1. The number of imidazole rings is 1. The molecule has 8 nitrogen and oxygen atoms in total. The van der Waals surface area contributed by atoms with Crippen molar-refractivity contribution in [3.05, 3.63) is 24.2 Å². The van der Waals surface area contributed by atoms with E-state index >= 15 is 0 Å². The normalized spacial score (nSPS) is 10.6. The summed E-state index contributed by atoms with van der Waals surface area (Å²) in [4.78, 5) is 15.5. The number of aromatic nitrogens is 5. The summed E-state index contributed by atoms with van der Waals surface area (Å²) in [6, 6.07) is 0. The van der Waals surface area contributed by atoms with E-state index in [1.807, 2.05) is 11.6 Å². The number of ether oxygens (including phenoxy) is 1. The largest absolute Gasteiger partial charge is 0.461 e. The average molecular weight is 264 g/mol. The summed E-state index contributed by atoms with van der Waals surface area (Å²) < 4.78 is 8.40. The quantitative estimate of drug-likeness (QED) is 0.763. The third-order valence-corrected chi connectivity index (χ3v) is 2.73. The van der Waals surface area contributed by atoms with Gasteiger partial charge in [-0.05, 0) is 6.92 Å². The van der Waals surface area contributed by atoms with Crippen LogP contribution in [0.25, 0.3) is 0 Å². The molecule has 0 fully saturated rings. The number of rotatable bonds is 5. The highest BCUT2D eigenvalue weighted by atomic mass is 16.5. The van der Waals surface area contributed by atoms with E-state index in [-0.39, 0.29) is 5.69 Å². The minimum Gasteiger partial charge on any atom is -0.461 e. The van der Waals surface area contributed by atoms with Gasteiger partial charge in [0.1, 0.15) is 18.0 Å². The van der Waals surface area contributed by atoms with E-state index in [2.05, 4.69) is 15.2 Å². The van der Waals surface area contributed by atoms with Crippen LogP contribution in [0.3, 0.4) is 0 Å². The molecule has 0 spiro atoms. The van der Waals surface area contributed by atoms with Crippen molar-refractivity contribution in [2.75, 3.05) is 12.3 Å². The van der Waals surface area contributed by atoms with E-state index in [1.54, 1.807) is 17.8 Å². The number of hydrogen-bond acceptors (Lipinski definition) is 6. The number of nitrogens with zero attached hydrogens (tertiary/aromatic N) is 5. The van der Waals surface area contributed by atoms with Gasteiger partial charge < -0.3 is 19.6 Å². The molecule has 0 amide bonds. The van der Waals surface area contributed by atoms with Crippen molar-refractivity contribution in [1.29, 1.82) is 0 Å². The van der Waals surface area contributed by atoms with Crippen molar-refractivity contribution in [3.8, 4) is 0 Å². The summed E-state index contributed by atoms with van der Waals surface area (Å²) in [6.07, 6.45) is 3.81. The Morgan fingerprint density at radius 1 is 1.47 bits per heavy atom. The van der Waals surface area contributed by atoms with Crippen LogP contribution in [0, 0.1) is 0 Å². The lowest BCUT2D eigenvalue weighted by atomic mass is 10.4. The van der Waals surface area contributed by atoms with Crippen LogP contribution in [-0.4, -0.2) is 36.9 Å². The van der Waals surface area contributed by atoms with Gasteiger partial charge in [0.05, 0.1) is 12.9 Å². The predicted molar refractivity (Wildman–Crippen MR) is 67.3 cm³/mol. The Hall–Kier alpha value is -2.38. The lowest BCUT2D eigenvalue weighted by Gasteiger charge is -2.05. The minimum atomic E-state index is -0.502. The van der Waals surface area contributed by atoms with Crippen molar-refractivity contribution in [2.24, 2.45) is 7.05 Å². The molecular formula is C11H16N6O2. The van der Waals surface area contributed by atoms with Crippen molar-refractivity contribution >= 4 is 11.8 Å². The van der Waals surface area contributed by atoms with Crippen LogP contribution in [-0.2, 0) is 24.8 Å². The number of nitrogen functional groups attached to an aromatic ring is 1. The second-order valence-electron chi connectivity index (χ2n) is 4.00. The van der Waals surface area contributed by atoms with Gasteiger partial charge in [-0.3, -0.25) is 0 Å². The lowest BCUT2D eigenvalue weighted by molar-refractivity contribution is 0.0521. The summed E-state index contributed by atoms with van der Waals surface area (Å²) >= 11 is 0. The summed E-state index contributed by atoms with van der Waals surface area (Å²) in [5.74, 6) is 0.642. The molecule has 0 unspecified atom stereocenters. The molecule has 0 radical (unpaired) electrons. The van der Waals surface area contributed by atoms with Crippen LogP contribution >= 0.6 is 0 Å². The van der Waals surface area contributed by atoms with Gasteiger partial charge in [0.25, 0.3) is 0 Å². The maximum atomic E-state index is 11.6. The molecule has 0 atom stereocenters. The van der Waals surface area contributed by atoms with Gasteiger partial charge in [-0.15, -0.1) is 10.2 Å². The van der Waals surface area contributed by atoms with E-state index in [4.69, 9.17) is 10.5 Å². The van der Waals surface area contributed by atoms with Gasteiger partial charge >= 0.3 is 5.97 Å². The summed E-state index contributed by atoms with van der Waals surface area (Å²) in [7, 11) is 1.87. The Morgan fingerprint density at radius 3 is 2.89 bits per heavy atom. The van der Waals surface area contributed by atoms with Gasteiger partial charge in [0.15, 0.2) is 5.69 Å². The molecular weight excluding hydrogens is 248 g/mol. The van der Waals surface area contributed by atoms with Crippen LogP contribution in [0.5, 0.6) is 0 Å². The molecule has 0 saturated carbocycles. The van der Waals surface area contributed by atoms with E-state index in [0.717, 1.165) is 5.82 Å². The Kier molecular flexibility index (Phi) is 3.79. The van der Waals surface area contributed by atoms with Crippen LogP contribution < -0.4 is 5.73 Å². The smallest absolute Gasteiger partial charge is 0.360 e. The molecule has 0 aliphatic carbocycles. The molecule has 102 valence electrons. The maximum absolute atomic E-state index is 11.6. The van der Waals surface area contributed by atoms with E-state index in [1.165, 1.54) is 6.33 Å². The maximum Gasteiger partial charge on any atom is 0.360 e. The third-order valence-electron chi connectivity index (χ3n) is 2.73. The average Bonchev–Trinajstić information content (AvgIpc) is 2.94. The first-order valence-corrected chi connectivity index (χ1v) is 5.94. The number of aryl methyl sites for hydroxylation is 3. The topological polar surface area (TPSA) is 101 Å². The lowest BCUT2D eigenvalue weighted by Crippen LogP contribution is -2.11. The summed E-state index contributed by atoms with van der Waals surface area (Å²) in [6.45, 7) is 2.61. The Morgan fingerprint density at radius 2 is 2.26 bits per heavy atom. The first-order valence-electron chi connectivity index (χ1n) is 5.94. The fourth-order valence-electron chi connectivity index (χ4n) is 1.68. The van der Waals surface area contributed by atoms with Gasteiger partial charge in [-0.1, -0.05) is 0 Å². The Bertz CT molecular complexity index is 574. The zero-order valence-electron chi connectivity index (χ0n) is 10.9. The highest BCUT2D eigenvalue weighted by Crippen LogP contribution is 2.12. The molecule has 2 heterocycles. The number of esters is 1. The van der Waals surface area contributed by atoms with Gasteiger partial charge in [-0.2, -0.15) is 0 Å². The number of hydrogen-bond donors (Lipinski definition) is 1. The Balaban J connectivity index is 2.06. The SMILES string of the molecule is CCOC(=O)c1ncn(CCc2nncn2C)c1N. The van der Waals surface area contributed by atoms with Gasteiger partial charge in [-0.25, -0.2) is 9.78 Å². The molecule has 0 bridgehead atoms. The molecule has 2 aromatic rings. The monoisotopic (exact) mass is 264 g/mol. The van der Waals surface area contributed by atoms with Crippen LogP contribution in [0.1, 0.15) is 23.2 Å². The summed E-state index contributed by atoms with van der Waals surface area (Å²) in [5.41, 5.74) is 6.02. The second kappa shape index (κ2) is 5.51. The number of anilines is 1. The van der Waals surface area contributed by atoms with Crippen molar-refractivity contribution < 1.29 is 9.53 Å². The molecule has 2 aromatic heterocycles. The zero-order chi connectivity index (χ0) is 13.8. The van der Waals surface area contributed by atoms with Crippen LogP contribution in [0.2, 0.25) is 0 Å². The third kappa shape index (κ3) is 2.72. The minimum absolute atomic E-state index is 0.153. The molecule has 0 aliphatic heterocycles. The molecule has 0 aliphatic rings. The number of carbonyl (C=O) groups is 1. The van der Waals surface area contributed by atoms with Crippen molar-refractivity contribution in [2.45, 2.75) is 19.9 Å². The highest BCUT2D eigenvalue weighted by molar-refractivity contribution is 5.92. The van der Waals surface area contributed by atoms with E-state index < -0.39 is 5.97 Å². The Labute approximate surface area is 110 Å². The number of carbonyl (C=O) groups excluding carboxylic acids is 1. The fraction of sp³-hybridized carbons (Fsp3) is 0.455. The molecule has 8 heteroatoms. The van der Waals surface area contributed by atoms with Crippen LogP contribution in [0.15, 0.2) is 12.7 Å². The first-order chi connectivity index (χ1) is 9.13. The van der Waals surface area contributed by atoms with Gasteiger partial charge in [0, 0.05) is 20.0 Å². The van der Waals surface area contributed by atoms with Crippen LogP contribution in [0.4, 0.5) is 5.82 Å².